The number of carbonyl (C=O) groups excluding carboxylic acids is 2. The van der Waals surface area contributed by atoms with Gasteiger partial charge in [-0.25, -0.2) is 8.42 Å². The lowest BCUT2D eigenvalue weighted by Crippen LogP contribution is -2.37. The van der Waals surface area contributed by atoms with Gasteiger partial charge < -0.3 is 25.8 Å². The molecular weight excluding hydrogens is 520 g/mol. The Balaban J connectivity index is 1.80. The minimum atomic E-state index is -3.73. The van der Waals surface area contributed by atoms with Gasteiger partial charge >= 0.3 is 0 Å². The zero-order valence-corrected chi connectivity index (χ0v) is 22.7. The number of benzene rings is 3. The van der Waals surface area contributed by atoms with Crippen LogP contribution in [0.4, 0.5) is 17.1 Å². The third-order valence-corrected chi connectivity index (χ3v) is 7.01. The molecule has 0 radical (unpaired) electrons. The number of primary amides is 1. The second kappa shape index (κ2) is 11.5. The van der Waals surface area contributed by atoms with Crippen LogP contribution in [0.5, 0.6) is 11.5 Å². The van der Waals surface area contributed by atoms with Crippen molar-refractivity contribution in [3.63, 3.8) is 0 Å². The van der Waals surface area contributed by atoms with Crippen LogP contribution < -0.4 is 30.1 Å². The van der Waals surface area contributed by atoms with Crippen LogP contribution in [0.15, 0.2) is 66.7 Å². The number of nitrogens with zero attached hydrogens (tertiary/aromatic N) is 1. The van der Waals surface area contributed by atoms with Gasteiger partial charge in [-0.15, -0.1) is 0 Å². The Morgan fingerprint density at radius 2 is 1.59 bits per heavy atom. The number of hydrogen-bond donors (Lipinski definition) is 3. The third kappa shape index (κ3) is 6.15. The molecule has 1 aliphatic heterocycles. The fraction of sp³-hybridized carbons (Fsp3) is 0.214. The van der Waals surface area contributed by atoms with E-state index in [9.17, 15) is 18.0 Å². The highest BCUT2D eigenvalue weighted by molar-refractivity contribution is 7.92. The average Bonchev–Trinajstić information content (AvgIpc) is 3.21. The second-order valence-corrected chi connectivity index (χ2v) is 10.6. The Hall–Kier alpha value is -4.51. The van der Waals surface area contributed by atoms with Crippen LogP contribution in [-0.2, 0) is 19.6 Å². The summed E-state index contributed by atoms with van der Waals surface area (Å²) in [6.45, 7) is 4.14. The Labute approximate surface area is 227 Å². The SMILES string of the molecule is CCOc1cc2c(cc1OCC)/C(=C(/Nc1ccc(N(CC(N)=O)S(C)(=O)=O)cc1)c1ccccc1)C(=O)N2. The van der Waals surface area contributed by atoms with Crippen LogP contribution in [0.1, 0.15) is 25.0 Å². The van der Waals surface area contributed by atoms with Crippen molar-refractivity contribution in [2.75, 3.05) is 41.0 Å². The van der Waals surface area contributed by atoms with Crippen molar-refractivity contribution in [3.05, 3.63) is 77.9 Å². The van der Waals surface area contributed by atoms with Gasteiger partial charge in [-0.2, -0.15) is 0 Å². The number of anilines is 3. The van der Waals surface area contributed by atoms with Crippen LogP contribution in [-0.4, -0.2) is 46.2 Å². The number of amides is 2. The van der Waals surface area contributed by atoms with E-state index in [4.69, 9.17) is 15.2 Å². The minimum Gasteiger partial charge on any atom is -0.490 e. The zero-order valence-electron chi connectivity index (χ0n) is 21.9. The Kier molecular flexibility index (Phi) is 8.10. The molecule has 0 aromatic heterocycles. The lowest BCUT2D eigenvalue weighted by Gasteiger charge is -2.21. The van der Waals surface area contributed by atoms with Crippen LogP contribution in [0.3, 0.4) is 0 Å². The van der Waals surface area contributed by atoms with Crippen molar-refractivity contribution in [2.24, 2.45) is 5.73 Å². The minimum absolute atomic E-state index is 0.282. The first kappa shape index (κ1) is 27.5. The topological polar surface area (TPSA) is 140 Å². The summed E-state index contributed by atoms with van der Waals surface area (Å²) in [5.41, 5.74) is 9.09. The number of ether oxygens (including phenoxy) is 2. The molecule has 0 unspecified atom stereocenters. The summed E-state index contributed by atoms with van der Waals surface area (Å²) in [5.74, 6) is -0.00707. The Bertz CT molecular complexity index is 1520. The molecule has 3 aromatic rings. The van der Waals surface area contributed by atoms with Crippen LogP contribution >= 0.6 is 0 Å². The van der Waals surface area contributed by atoms with Crippen molar-refractivity contribution in [2.45, 2.75) is 13.8 Å². The summed E-state index contributed by atoms with van der Waals surface area (Å²) in [4.78, 5) is 24.8. The Morgan fingerprint density at radius 1 is 0.974 bits per heavy atom. The number of carbonyl (C=O) groups is 2. The first-order valence-corrected chi connectivity index (χ1v) is 14.1. The maximum absolute atomic E-state index is 13.3. The fourth-order valence-corrected chi connectivity index (χ4v) is 5.11. The molecule has 0 atom stereocenters. The van der Waals surface area contributed by atoms with E-state index in [1.54, 1.807) is 36.4 Å². The van der Waals surface area contributed by atoms with Gasteiger partial charge in [0.05, 0.1) is 42.1 Å². The molecule has 0 bridgehead atoms. The second-order valence-electron chi connectivity index (χ2n) is 8.69. The van der Waals surface area contributed by atoms with Gasteiger partial charge in [0.1, 0.15) is 6.54 Å². The molecule has 10 nitrogen and oxygen atoms in total. The number of fused-ring (bicyclic) bond motifs is 1. The largest absolute Gasteiger partial charge is 0.490 e. The maximum Gasteiger partial charge on any atom is 0.258 e. The van der Waals surface area contributed by atoms with E-state index < -0.39 is 22.5 Å². The average molecular weight is 551 g/mol. The first-order valence-electron chi connectivity index (χ1n) is 12.3. The smallest absolute Gasteiger partial charge is 0.258 e. The van der Waals surface area contributed by atoms with Crippen molar-refractivity contribution in [3.8, 4) is 11.5 Å². The van der Waals surface area contributed by atoms with Gasteiger partial charge in [-0.1, -0.05) is 30.3 Å². The van der Waals surface area contributed by atoms with Gasteiger partial charge in [0.15, 0.2) is 11.5 Å². The van der Waals surface area contributed by atoms with Crippen molar-refractivity contribution >= 4 is 50.2 Å². The predicted molar refractivity (Wildman–Crippen MR) is 152 cm³/mol. The number of rotatable bonds is 11. The summed E-state index contributed by atoms with van der Waals surface area (Å²) in [6.07, 6.45) is 1.00. The van der Waals surface area contributed by atoms with E-state index in [0.717, 1.165) is 16.1 Å². The van der Waals surface area contributed by atoms with Crippen molar-refractivity contribution < 1.29 is 27.5 Å². The Morgan fingerprint density at radius 3 is 2.15 bits per heavy atom. The molecule has 0 saturated carbocycles. The molecular formula is C28H30N4O6S. The monoisotopic (exact) mass is 550 g/mol. The number of nitrogens with one attached hydrogen (secondary N) is 2. The third-order valence-electron chi connectivity index (χ3n) is 5.87. The molecule has 3 aromatic carbocycles. The van der Waals surface area contributed by atoms with Gasteiger partial charge in [0.25, 0.3) is 5.91 Å². The summed E-state index contributed by atoms with van der Waals surface area (Å²) in [5, 5.41) is 6.25. The highest BCUT2D eigenvalue weighted by Crippen LogP contribution is 2.43. The van der Waals surface area contributed by atoms with Crippen molar-refractivity contribution in [1.29, 1.82) is 0 Å². The summed E-state index contributed by atoms with van der Waals surface area (Å²) in [6, 6.07) is 19.4. The molecule has 39 heavy (non-hydrogen) atoms. The van der Waals surface area contributed by atoms with E-state index in [-0.39, 0.29) is 11.6 Å². The lowest BCUT2D eigenvalue weighted by molar-refractivity contribution is -0.116. The molecule has 1 heterocycles. The fourth-order valence-electron chi connectivity index (χ4n) is 4.24. The normalized spacial score (nSPS) is 13.8. The molecule has 11 heteroatoms. The van der Waals surface area contributed by atoms with Crippen molar-refractivity contribution in [1.82, 2.24) is 0 Å². The molecule has 204 valence electrons. The number of nitrogens with two attached hydrogens (primary N) is 1. The maximum atomic E-state index is 13.3. The summed E-state index contributed by atoms with van der Waals surface area (Å²) < 4.78 is 36.9. The molecule has 4 rings (SSSR count). The van der Waals surface area contributed by atoms with E-state index >= 15 is 0 Å². The quantitative estimate of drug-likeness (QED) is 0.310. The van der Waals surface area contributed by atoms with Gasteiger partial charge in [-0.3, -0.25) is 13.9 Å². The lowest BCUT2D eigenvalue weighted by atomic mass is 9.99. The van der Waals surface area contributed by atoms with Crippen LogP contribution in [0, 0.1) is 0 Å². The highest BCUT2D eigenvalue weighted by atomic mass is 32.2. The number of sulfonamides is 1. The first-order chi connectivity index (χ1) is 18.6. The predicted octanol–water partition coefficient (Wildman–Crippen LogP) is 3.67. The molecule has 0 aliphatic carbocycles. The van der Waals surface area contributed by atoms with Gasteiger partial charge in [-0.05, 0) is 49.7 Å². The zero-order chi connectivity index (χ0) is 28.2. The molecule has 2 amide bonds. The van der Waals surface area contributed by atoms with Crippen LogP contribution in [0.25, 0.3) is 11.3 Å². The molecule has 0 saturated heterocycles. The van der Waals surface area contributed by atoms with E-state index in [0.29, 0.717) is 52.9 Å². The van der Waals surface area contributed by atoms with E-state index in [1.165, 1.54) is 0 Å². The van der Waals surface area contributed by atoms with E-state index in [2.05, 4.69) is 10.6 Å². The van der Waals surface area contributed by atoms with E-state index in [1.807, 2.05) is 44.2 Å². The van der Waals surface area contributed by atoms with Gasteiger partial charge in [0, 0.05) is 17.3 Å². The standard InChI is InChI=1S/C28H30N4O6S/c1-4-37-23-15-21-22(16-24(23)38-5-2)31-28(34)26(21)27(18-9-7-6-8-10-18)30-19-11-13-20(14-12-19)32(17-25(29)33)39(3,35)36/h6-16,30H,4-5,17H2,1-3H3,(H2,29,33)(H,31,34)/b27-26-. The molecule has 1 aliphatic rings. The molecule has 4 N–H and O–H groups in total. The van der Waals surface area contributed by atoms with Gasteiger partial charge in [0.2, 0.25) is 15.9 Å². The molecule has 0 spiro atoms. The highest BCUT2D eigenvalue weighted by Gasteiger charge is 2.31. The summed E-state index contributed by atoms with van der Waals surface area (Å²) >= 11 is 0. The number of hydrogen-bond acceptors (Lipinski definition) is 7. The molecule has 0 fully saturated rings. The van der Waals surface area contributed by atoms with Crippen LogP contribution in [0.2, 0.25) is 0 Å². The summed E-state index contributed by atoms with van der Waals surface area (Å²) in [7, 11) is -3.73.